The first-order valence-corrected chi connectivity index (χ1v) is 6.96. The molecule has 1 aromatic heterocycles. The maximum absolute atomic E-state index is 12.5. The number of fused-ring (bicyclic) bond motifs is 1. The molecule has 1 amide bonds. The minimum atomic E-state index is -1.09. The molecule has 6 nitrogen and oxygen atoms in total. The molecule has 1 aliphatic rings. The molecule has 0 aliphatic carbocycles. The average molecular weight is 287 g/mol. The van der Waals surface area contributed by atoms with E-state index in [1.54, 1.807) is 17.8 Å². The predicted octanol–water partition coefficient (Wildman–Crippen LogP) is 1.50. The van der Waals surface area contributed by atoms with Crippen LogP contribution in [0.25, 0.3) is 11.0 Å². The quantitative estimate of drug-likeness (QED) is 0.928. The molecule has 1 aromatic carbocycles. The van der Waals surface area contributed by atoms with Crippen LogP contribution in [-0.4, -0.2) is 43.5 Å². The zero-order valence-corrected chi connectivity index (χ0v) is 11.8. The van der Waals surface area contributed by atoms with Gasteiger partial charge in [0.1, 0.15) is 12.1 Å². The molecule has 1 aliphatic heterocycles. The third-order valence-corrected chi connectivity index (χ3v) is 4.24. The summed E-state index contributed by atoms with van der Waals surface area (Å²) in [4.78, 5) is 29.7. The highest BCUT2D eigenvalue weighted by molar-refractivity contribution is 5.88. The normalized spacial score (nSPS) is 21.9. The maximum atomic E-state index is 12.5. The van der Waals surface area contributed by atoms with Crippen LogP contribution in [0, 0.1) is 0 Å². The zero-order chi connectivity index (χ0) is 15.0. The molecule has 21 heavy (non-hydrogen) atoms. The minimum Gasteiger partial charge on any atom is -0.480 e. The Kier molecular flexibility index (Phi) is 3.16. The van der Waals surface area contributed by atoms with Gasteiger partial charge < -0.3 is 14.6 Å². The van der Waals surface area contributed by atoms with Crippen LogP contribution < -0.4 is 0 Å². The van der Waals surface area contributed by atoms with Crippen LogP contribution in [0.3, 0.4) is 0 Å². The van der Waals surface area contributed by atoms with Crippen molar-refractivity contribution in [2.24, 2.45) is 0 Å². The number of rotatable bonds is 3. The number of carbonyl (C=O) groups excluding carboxylic acids is 1. The summed E-state index contributed by atoms with van der Waals surface area (Å²) in [5.41, 5.74) is 0.614. The molecule has 2 aromatic rings. The van der Waals surface area contributed by atoms with Crippen LogP contribution in [0.1, 0.15) is 19.8 Å². The van der Waals surface area contributed by atoms with E-state index in [-0.39, 0.29) is 12.5 Å². The second kappa shape index (κ2) is 4.87. The van der Waals surface area contributed by atoms with E-state index < -0.39 is 11.5 Å². The lowest BCUT2D eigenvalue weighted by molar-refractivity contribution is -0.155. The van der Waals surface area contributed by atoms with Crippen LogP contribution in [0.5, 0.6) is 0 Å². The number of hydrogen-bond donors (Lipinski definition) is 1. The van der Waals surface area contributed by atoms with Gasteiger partial charge in [-0.25, -0.2) is 9.78 Å². The third-order valence-electron chi connectivity index (χ3n) is 4.24. The van der Waals surface area contributed by atoms with E-state index in [1.807, 2.05) is 24.3 Å². The smallest absolute Gasteiger partial charge is 0.329 e. The standard InChI is InChI=1S/C15H17N3O3/c1-15(14(20)21)7-4-8-18(15)13(19)9-17-10-16-11-5-2-3-6-12(11)17/h2-3,5-6,10H,4,7-9H2,1H3,(H,20,21). The van der Waals surface area contributed by atoms with E-state index >= 15 is 0 Å². The number of carboxylic acids is 1. The molecule has 1 N–H and O–H groups in total. The third kappa shape index (κ3) is 2.16. The molecule has 0 bridgehead atoms. The molecule has 0 spiro atoms. The van der Waals surface area contributed by atoms with Gasteiger partial charge in [0.25, 0.3) is 0 Å². The summed E-state index contributed by atoms with van der Waals surface area (Å²) in [6.07, 6.45) is 2.84. The first-order valence-electron chi connectivity index (χ1n) is 6.96. The number of likely N-dealkylation sites (tertiary alicyclic amines) is 1. The summed E-state index contributed by atoms with van der Waals surface area (Å²) in [5, 5.41) is 9.38. The fourth-order valence-electron chi connectivity index (χ4n) is 2.95. The largest absolute Gasteiger partial charge is 0.480 e. The van der Waals surface area contributed by atoms with Crippen molar-refractivity contribution >= 4 is 22.9 Å². The fraction of sp³-hybridized carbons (Fsp3) is 0.400. The van der Waals surface area contributed by atoms with Gasteiger partial charge in [0, 0.05) is 6.54 Å². The monoisotopic (exact) mass is 287 g/mol. The van der Waals surface area contributed by atoms with Gasteiger partial charge in [0.2, 0.25) is 5.91 Å². The van der Waals surface area contributed by atoms with Crippen molar-refractivity contribution in [1.29, 1.82) is 0 Å². The Balaban J connectivity index is 1.85. The average Bonchev–Trinajstić information content (AvgIpc) is 3.04. The molecule has 1 atom stereocenters. The maximum Gasteiger partial charge on any atom is 0.329 e. The summed E-state index contributed by atoms with van der Waals surface area (Å²) >= 11 is 0. The summed E-state index contributed by atoms with van der Waals surface area (Å²) in [5.74, 6) is -1.12. The number of benzene rings is 1. The highest BCUT2D eigenvalue weighted by atomic mass is 16.4. The number of imidazole rings is 1. The van der Waals surface area contributed by atoms with Crippen molar-refractivity contribution in [1.82, 2.24) is 14.5 Å². The number of aromatic nitrogens is 2. The van der Waals surface area contributed by atoms with E-state index in [0.717, 1.165) is 17.5 Å². The second-order valence-electron chi connectivity index (χ2n) is 5.59. The molecule has 1 saturated heterocycles. The Morgan fingerprint density at radius 2 is 2.14 bits per heavy atom. The molecule has 0 saturated carbocycles. The van der Waals surface area contributed by atoms with Crippen LogP contribution in [0.15, 0.2) is 30.6 Å². The minimum absolute atomic E-state index is 0.114. The van der Waals surface area contributed by atoms with Gasteiger partial charge in [0.05, 0.1) is 17.4 Å². The molecular weight excluding hydrogens is 270 g/mol. The molecule has 1 fully saturated rings. The van der Waals surface area contributed by atoms with Gasteiger partial charge in [-0.2, -0.15) is 0 Å². The number of amides is 1. The number of aliphatic carboxylic acids is 1. The highest BCUT2D eigenvalue weighted by Gasteiger charge is 2.45. The van der Waals surface area contributed by atoms with Crippen molar-refractivity contribution in [2.75, 3.05) is 6.54 Å². The van der Waals surface area contributed by atoms with Crippen molar-refractivity contribution in [3.05, 3.63) is 30.6 Å². The summed E-state index contributed by atoms with van der Waals surface area (Å²) in [6.45, 7) is 2.23. The van der Waals surface area contributed by atoms with Gasteiger partial charge in [-0.1, -0.05) is 12.1 Å². The number of hydrogen-bond acceptors (Lipinski definition) is 3. The number of nitrogens with zero attached hydrogens (tertiary/aromatic N) is 3. The van der Waals surface area contributed by atoms with Crippen LogP contribution in [0.4, 0.5) is 0 Å². The summed E-state index contributed by atoms with van der Waals surface area (Å²) < 4.78 is 1.76. The number of carbonyl (C=O) groups is 2. The van der Waals surface area contributed by atoms with E-state index in [9.17, 15) is 14.7 Å². The molecule has 3 rings (SSSR count). The van der Waals surface area contributed by atoms with Gasteiger partial charge >= 0.3 is 5.97 Å². The lowest BCUT2D eigenvalue weighted by Crippen LogP contribution is -2.51. The zero-order valence-electron chi connectivity index (χ0n) is 11.8. The van der Waals surface area contributed by atoms with E-state index in [2.05, 4.69) is 4.98 Å². The molecule has 1 unspecified atom stereocenters. The van der Waals surface area contributed by atoms with Crippen LogP contribution in [-0.2, 0) is 16.1 Å². The van der Waals surface area contributed by atoms with Crippen molar-refractivity contribution < 1.29 is 14.7 Å². The molecule has 110 valence electrons. The fourth-order valence-corrected chi connectivity index (χ4v) is 2.95. The van der Waals surface area contributed by atoms with Crippen molar-refractivity contribution in [3.63, 3.8) is 0 Å². The first kappa shape index (κ1) is 13.6. The van der Waals surface area contributed by atoms with E-state index in [4.69, 9.17) is 0 Å². The van der Waals surface area contributed by atoms with Crippen LogP contribution in [0.2, 0.25) is 0 Å². The predicted molar refractivity (Wildman–Crippen MR) is 76.7 cm³/mol. The van der Waals surface area contributed by atoms with Crippen molar-refractivity contribution in [3.8, 4) is 0 Å². The highest BCUT2D eigenvalue weighted by Crippen LogP contribution is 2.29. The molecular formula is C15H17N3O3. The molecule has 2 heterocycles. The Labute approximate surface area is 122 Å². The topological polar surface area (TPSA) is 75.4 Å². The Morgan fingerprint density at radius 1 is 1.38 bits per heavy atom. The lowest BCUT2D eigenvalue weighted by Gasteiger charge is -2.31. The Bertz CT molecular complexity index is 709. The number of carboxylic acid groups (broad SMARTS) is 1. The summed E-state index contributed by atoms with van der Waals surface area (Å²) in [6, 6.07) is 7.56. The van der Waals surface area contributed by atoms with Gasteiger partial charge in [-0.05, 0) is 31.9 Å². The first-order chi connectivity index (χ1) is 10.0. The van der Waals surface area contributed by atoms with Crippen LogP contribution >= 0.6 is 0 Å². The van der Waals surface area contributed by atoms with E-state index in [0.29, 0.717) is 13.0 Å². The number of para-hydroxylation sites is 2. The van der Waals surface area contributed by atoms with E-state index in [1.165, 1.54) is 4.90 Å². The SMILES string of the molecule is CC1(C(=O)O)CCCN1C(=O)Cn1cnc2ccccc21. The molecule has 0 radical (unpaired) electrons. The van der Waals surface area contributed by atoms with Gasteiger partial charge in [0.15, 0.2) is 0 Å². The van der Waals surface area contributed by atoms with Crippen molar-refractivity contribution in [2.45, 2.75) is 31.8 Å². The molecule has 6 heteroatoms. The summed E-state index contributed by atoms with van der Waals surface area (Å²) in [7, 11) is 0. The van der Waals surface area contributed by atoms with Gasteiger partial charge in [-0.3, -0.25) is 4.79 Å². The Morgan fingerprint density at radius 3 is 2.90 bits per heavy atom. The second-order valence-corrected chi connectivity index (χ2v) is 5.59. The lowest BCUT2D eigenvalue weighted by atomic mass is 9.99. The Hall–Kier alpha value is -2.37. The van der Waals surface area contributed by atoms with Gasteiger partial charge in [-0.15, -0.1) is 0 Å².